The molecule has 0 radical (unpaired) electrons. The summed E-state index contributed by atoms with van der Waals surface area (Å²) in [5.74, 6) is 0. The summed E-state index contributed by atoms with van der Waals surface area (Å²) in [4.78, 5) is 0. The first-order chi connectivity index (χ1) is 51.8. The fraction of sp³-hybridized carbons (Fsp3) is 0.0286. The van der Waals surface area contributed by atoms with Crippen LogP contribution in [0.3, 0.4) is 0 Å². The Balaban J connectivity index is 0.000000112. The van der Waals surface area contributed by atoms with Crippen molar-refractivity contribution in [3.05, 3.63) is 411 Å². The lowest BCUT2D eigenvalue weighted by Gasteiger charge is -2.14. The molecule has 0 aliphatic heterocycles. The lowest BCUT2D eigenvalue weighted by Crippen LogP contribution is -1.88. The van der Waals surface area contributed by atoms with Gasteiger partial charge in [0, 0.05) is 0 Å². The molecule has 0 saturated heterocycles. The maximum absolute atomic E-state index is 2.38. The fourth-order valence-corrected chi connectivity index (χ4v) is 16.0. The van der Waals surface area contributed by atoms with Crippen LogP contribution in [0.4, 0.5) is 0 Å². The van der Waals surface area contributed by atoms with Gasteiger partial charge in [-0.2, -0.15) is 0 Å². The lowest BCUT2D eigenvalue weighted by molar-refractivity contribution is 1.51. The van der Waals surface area contributed by atoms with E-state index in [9.17, 15) is 0 Å². The van der Waals surface area contributed by atoms with Gasteiger partial charge in [0.1, 0.15) is 0 Å². The Kier molecular flexibility index (Phi) is 16.8. The highest BCUT2D eigenvalue weighted by Crippen LogP contribution is 2.43. The molecule has 20 rings (SSSR count). The second-order valence-electron chi connectivity index (χ2n) is 28.1. The third-order valence-corrected chi connectivity index (χ3v) is 21.3. The molecule has 0 atom stereocenters. The molecule has 0 bridgehead atoms. The first-order valence-electron chi connectivity index (χ1n) is 36.5. The summed E-state index contributed by atoms with van der Waals surface area (Å²) in [6, 6.07) is 144. The van der Waals surface area contributed by atoms with Crippen LogP contribution in [0.25, 0.3) is 186 Å². The van der Waals surface area contributed by atoms with Crippen LogP contribution in [0.2, 0.25) is 0 Å². The molecule has 0 heterocycles. The summed E-state index contributed by atoms with van der Waals surface area (Å²) < 4.78 is 0. The highest BCUT2D eigenvalue weighted by molar-refractivity contribution is 6.28. The summed E-state index contributed by atoms with van der Waals surface area (Å²) in [5, 5.41) is 23.7. The molecule has 494 valence electrons. The molecule has 0 unspecified atom stereocenters. The minimum atomic E-state index is 1.23. The van der Waals surface area contributed by atoms with Crippen molar-refractivity contribution in [1.82, 2.24) is 0 Å². The smallest absolute Gasteiger partial charge is 0.00928 e. The second kappa shape index (κ2) is 27.6. The van der Waals surface area contributed by atoms with Crippen molar-refractivity contribution in [3.8, 4) is 89.0 Å². The minimum absolute atomic E-state index is 1.23. The molecule has 0 saturated carbocycles. The molecule has 0 N–H and O–H groups in total. The molecule has 0 aliphatic rings. The summed E-state index contributed by atoms with van der Waals surface area (Å²) >= 11 is 0. The minimum Gasteiger partial charge on any atom is -0.0622 e. The van der Waals surface area contributed by atoms with Crippen molar-refractivity contribution in [1.29, 1.82) is 0 Å². The third-order valence-electron chi connectivity index (χ3n) is 21.3. The van der Waals surface area contributed by atoms with Crippen LogP contribution in [-0.2, 0) is 0 Å². The van der Waals surface area contributed by atoms with Gasteiger partial charge in [0.15, 0.2) is 0 Å². The summed E-state index contributed by atoms with van der Waals surface area (Å²) in [5.41, 5.74) is 23.7. The van der Waals surface area contributed by atoms with E-state index in [0.717, 1.165) is 0 Å². The Labute approximate surface area is 613 Å². The predicted molar refractivity (Wildman–Crippen MR) is 455 cm³/mol. The van der Waals surface area contributed by atoms with Crippen LogP contribution in [0.15, 0.2) is 394 Å². The van der Waals surface area contributed by atoms with Gasteiger partial charge >= 0.3 is 0 Å². The van der Waals surface area contributed by atoms with Gasteiger partial charge in [0.25, 0.3) is 0 Å². The first-order valence-corrected chi connectivity index (χ1v) is 36.5. The Morgan fingerprint density at radius 2 is 0.257 bits per heavy atom. The number of aryl methyl sites for hydroxylation is 3. The van der Waals surface area contributed by atoms with Gasteiger partial charge in [0.05, 0.1) is 0 Å². The standard InChI is InChI=1S/2C37H26.C31H22/c1-25-16-18-34-35-19-17-28(24-37(35)33-15-9-8-14-32(33)36(34)20-25)31-22-29(26-10-4-2-5-11-26)21-30(23-31)27-12-6-3-7-13-27;1-25-17-19-34-35-20-18-31(24-37(35)33-16-6-5-15-32(33)36(34)21-25)30-14-8-13-29(23-30)28-12-7-11-27(22-28)26-9-3-2-4-10-26;1-21-14-16-28-29-17-15-25(20-31(29)27-13-6-5-12-26(27)30(28)18-21)24-11-7-10-23(19-24)22-8-3-2-4-9-22/h2*2-24H,1H3;2-20H,1H3. The normalized spacial score (nSPS) is 11.4. The molecule has 20 aromatic carbocycles. The zero-order chi connectivity index (χ0) is 70.3. The van der Waals surface area contributed by atoms with Crippen molar-refractivity contribution in [2.75, 3.05) is 0 Å². The fourth-order valence-electron chi connectivity index (χ4n) is 16.0. The van der Waals surface area contributed by atoms with Crippen molar-refractivity contribution in [2.24, 2.45) is 0 Å². The summed E-state index contributed by atoms with van der Waals surface area (Å²) in [6.45, 7) is 6.51. The van der Waals surface area contributed by atoms with Crippen molar-refractivity contribution in [3.63, 3.8) is 0 Å². The molecule has 0 fully saturated rings. The van der Waals surface area contributed by atoms with Crippen molar-refractivity contribution >= 4 is 97.0 Å². The van der Waals surface area contributed by atoms with Crippen LogP contribution in [0, 0.1) is 20.8 Å². The molecule has 105 heavy (non-hydrogen) atoms. The van der Waals surface area contributed by atoms with E-state index in [1.54, 1.807) is 0 Å². The molecule has 0 aromatic heterocycles. The molecule has 0 spiro atoms. The Morgan fingerprint density at radius 1 is 0.0952 bits per heavy atom. The highest BCUT2D eigenvalue weighted by Gasteiger charge is 2.16. The van der Waals surface area contributed by atoms with Gasteiger partial charge in [0.2, 0.25) is 0 Å². The molecular formula is C105H74. The Bertz CT molecular complexity index is 6590. The van der Waals surface area contributed by atoms with Gasteiger partial charge in [-0.3, -0.25) is 0 Å². The van der Waals surface area contributed by atoms with Crippen LogP contribution < -0.4 is 0 Å². The quantitative estimate of drug-likeness (QED) is 0.133. The molecule has 0 amide bonds. The monoisotopic (exact) mass is 1330 g/mol. The van der Waals surface area contributed by atoms with Crippen LogP contribution in [0.5, 0.6) is 0 Å². The first kappa shape index (κ1) is 63.9. The van der Waals surface area contributed by atoms with E-state index >= 15 is 0 Å². The molecule has 0 heteroatoms. The van der Waals surface area contributed by atoms with E-state index in [1.165, 1.54) is 203 Å². The third kappa shape index (κ3) is 12.4. The molecule has 20 aromatic rings. The average molecular weight is 1340 g/mol. The van der Waals surface area contributed by atoms with Crippen LogP contribution in [-0.4, -0.2) is 0 Å². The van der Waals surface area contributed by atoms with Gasteiger partial charge in [-0.25, -0.2) is 0 Å². The second-order valence-corrected chi connectivity index (χ2v) is 28.1. The van der Waals surface area contributed by atoms with Crippen LogP contribution >= 0.6 is 0 Å². The topological polar surface area (TPSA) is 0 Å². The number of hydrogen-bond donors (Lipinski definition) is 0. The predicted octanol–water partition coefficient (Wildman–Crippen LogP) is 29.7. The van der Waals surface area contributed by atoms with Crippen molar-refractivity contribution < 1.29 is 0 Å². The van der Waals surface area contributed by atoms with E-state index < -0.39 is 0 Å². The van der Waals surface area contributed by atoms with Crippen LogP contribution in [0.1, 0.15) is 16.7 Å². The summed E-state index contributed by atoms with van der Waals surface area (Å²) in [7, 11) is 0. The van der Waals surface area contributed by atoms with E-state index in [0.29, 0.717) is 0 Å². The average Bonchev–Trinajstić information content (AvgIpc) is 0.751. The Morgan fingerprint density at radius 3 is 0.524 bits per heavy atom. The summed E-state index contributed by atoms with van der Waals surface area (Å²) in [6.07, 6.45) is 0. The zero-order valence-corrected chi connectivity index (χ0v) is 59.0. The SMILES string of the molecule is Cc1ccc2c3ccc(-c4cc(-c5ccccc5)cc(-c5ccccc5)c4)cc3c3ccccc3c2c1.Cc1ccc2c3ccc(-c4cccc(-c5cccc(-c6ccccc6)c5)c4)cc3c3ccccc3c2c1.Cc1ccc2c3ccc(-c4cccc(-c5ccccc5)c4)cc3c3ccccc3c2c1. The van der Waals surface area contributed by atoms with Crippen molar-refractivity contribution in [2.45, 2.75) is 20.8 Å². The van der Waals surface area contributed by atoms with Gasteiger partial charge in [-0.05, 0) is 261 Å². The largest absolute Gasteiger partial charge is 0.0622 e. The van der Waals surface area contributed by atoms with Gasteiger partial charge < -0.3 is 0 Å². The molecule has 0 nitrogen and oxygen atoms in total. The number of rotatable bonds is 8. The van der Waals surface area contributed by atoms with Gasteiger partial charge in [-0.1, -0.05) is 356 Å². The van der Waals surface area contributed by atoms with Gasteiger partial charge in [-0.15, -0.1) is 0 Å². The lowest BCUT2D eigenvalue weighted by atomic mass is 9.89. The maximum Gasteiger partial charge on any atom is -0.00928 e. The number of benzene rings is 20. The number of fused-ring (bicyclic) bond motifs is 18. The Hall–Kier alpha value is -13.3. The molecule has 0 aliphatic carbocycles. The highest BCUT2D eigenvalue weighted by atomic mass is 14.2. The van der Waals surface area contributed by atoms with E-state index in [4.69, 9.17) is 0 Å². The van der Waals surface area contributed by atoms with E-state index in [1.807, 2.05) is 0 Å². The zero-order valence-electron chi connectivity index (χ0n) is 59.0. The molecular weight excluding hydrogens is 1260 g/mol. The number of hydrogen-bond acceptors (Lipinski definition) is 0. The maximum atomic E-state index is 2.38. The van der Waals surface area contributed by atoms with E-state index in [-0.39, 0.29) is 0 Å². The van der Waals surface area contributed by atoms with E-state index in [2.05, 4.69) is 415 Å².